The van der Waals surface area contributed by atoms with E-state index in [1.807, 2.05) is 26.1 Å². The van der Waals surface area contributed by atoms with Gasteiger partial charge in [0, 0.05) is 30.9 Å². The van der Waals surface area contributed by atoms with Crippen LogP contribution in [0.3, 0.4) is 0 Å². The summed E-state index contributed by atoms with van der Waals surface area (Å²) >= 11 is 0. The van der Waals surface area contributed by atoms with Gasteiger partial charge in [-0.1, -0.05) is 0 Å². The maximum Gasteiger partial charge on any atom is 0.337 e. The molecule has 7 nitrogen and oxygen atoms in total. The molecule has 1 saturated heterocycles. The molecule has 2 aromatic heterocycles. The molecule has 31 heavy (non-hydrogen) atoms. The lowest BCUT2D eigenvalue weighted by Gasteiger charge is -2.22. The van der Waals surface area contributed by atoms with Gasteiger partial charge in [-0.3, -0.25) is 0 Å². The first-order valence-corrected chi connectivity index (χ1v) is 10.9. The van der Waals surface area contributed by atoms with Crippen molar-refractivity contribution in [2.24, 2.45) is 0 Å². The number of imidazole rings is 1. The van der Waals surface area contributed by atoms with Crippen LogP contribution in [0.4, 0.5) is 5.82 Å². The van der Waals surface area contributed by atoms with Crippen molar-refractivity contribution in [2.45, 2.75) is 52.3 Å². The van der Waals surface area contributed by atoms with Crippen LogP contribution in [0, 0.1) is 0 Å². The van der Waals surface area contributed by atoms with E-state index in [-0.39, 0.29) is 12.1 Å². The molecule has 4 rings (SSSR count). The molecule has 0 radical (unpaired) electrons. The molecule has 0 spiro atoms. The smallest absolute Gasteiger partial charge is 0.337 e. The number of esters is 1. The molecule has 164 valence electrons. The lowest BCUT2D eigenvalue weighted by atomic mass is 10.2. The molecule has 0 saturated carbocycles. The zero-order valence-electron chi connectivity index (χ0n) is 18.7. The fourth-order valence-corrected chi connectivity index (χ4v) is 4.16. The zero-order chi connectivity index (χ0) is 22.0. The van der Waals surface area contributed by atoms with Crippen LogP contribution >= 0.6 is 0 Å². The maximum absolute atomic E-state index is 12.0. The van der Waals surface area contributed by atoms with Crippen molar-refractivity contribution in [3.8, 4) is 11.4 Å². The summed E-state index contributed by atoms with van der Waals surface area (Å²) in [6, 6.07) is 10.1. The molecular weight excluding hydrogens is 392 g/mol. The lowest BCUT2D eigenvalue weighted by molar-refractivity contribution is 0.0600. The summed E-state index contributed by atoms with van der Waals surface area (Å²) in [5.41, 5.74) is 3.13. The number of carbonyl (C=O) groups excluding carboxylic acids is 1. The monoisotopic (exact) mass is 422 g/mol. The minimum absolute atomic E-state index is 0.160. The lowest BCUT2D eigenvalue weighted by Crippen LogP contribution is -2.26. The molecule has 1 aliphatic heterocycles. The van der Waals surface area contributed by atoms with E-state index in [9.17, 15) is 4.79 Å². The first-order valence-electron chi connectivity index (χ1n) is 10.9. The number of rotatable bonds is 7. The van der Waals surface area contributed by atoms with Crippen molar-refractivity contribution in [2.75, 3.05) is 25.2 Å². The number of aromatic nitrogens is 3. The molecule has 0 amide bonds. The van der Waals surface area contributed by atoms with Crippen molar-refractivity contribution in [3.05, 3.63) is 42.1 Å². The minimum atomic E-state index is -0.369. The molecule has 7 heteroatoms. The number of ether oxygens (including phenoxy) is 2. The molecule has 0 bridgehead atoms. The molecule has 3 aromatic rings. The van der Waals surface area contributed by atoms with Crippen LogP contribution in [-0.2, 0) is 16.0 Å². The number of anilines is 1. The van der Waals surface area contributed by atoms with E-state index in [0.29, 0.717) is 24.8 Å². The van der Waals surface area contributed by atoms with Gasteiger partial charge in [0.25, 0.3) is 0 Å². The van der Waals surface area contributed by atoms with Crippen molar-refractivity contribution in [1.82, 2.24) is 14.5 Å². The Bertz CT molecular complexity index is 1060. The fraction of sp³-hybridized carbons (Fsp3) is 0.458. The quantitative estimate of drug-likeness (QED) is 0.529. The topological polar surface area (TPSA) is 69.5 Å². The predicted molar refractivity (Wildman–Crippen MR) is 121 cm³/mol. The standard InChI is InChI=1S/C24H30N4O3/c1-16(2)31-13-12-28-21-9-7-18(24(29)30-4)14-20(21)26-23(28)19-8-10-22(25-15-19)27-11-5-6-17(27)3/h7-10,14-17H,5-6,11-13H2,1-4H3/t17-/m0/s1. The number of fused-ring (bicyclic) bond motifs is 1. The number of hydrogen-bond donors (Lipinski definition) is 0. The number of benzene rings is 1. The van der Waals surface area contributed by atoms with Gasteiger partial charge < -0.3 is 18.9 Å². The van der Waals surface area contributed by atoms with Crippen LogP contribution in [0.25, 0.3) is 22.4 Å². The molecule has 1 aromatic carbocycles. The number of pyridine rings is 1. The van der Waals surface area contributed by atoms with Crippen LogP contribution in [0.15, 0.2) is 36.5 Å². The number of methoxy groups -OCH3 is 1. The summed E-state index contributed by atoms with van der Waals surface area (Å²) in [5.74, 6) is 1.46. The Balaban J connectivity index is 1.71. The third-order valence-corrected chi connectivity index (χ3v) is 5.79. The van der Waals surface area contributed by atoms with Gasteiger partial charge in [0.05, 0.1) is 36.4 Å². The average molecular weight is 423 g/mol. The normalized spacial score (nSPS) is 16.4. The van der Waals surface area contributed by atoms with Gasteiger partial charge in [-0.15, -0.1) is 0 Å². The summed E-state index contributed by atoms with van der Waals surface area (Å²) in [6.45, 7) is 8.58. The molecule has 0 aliphatic carbocycles. The molecule has 3 heterocycles. The van der Waals surface area contributed by atoms with Gasteiger partial charge in [-0.2, -0.15) is 0 Å². The molecule has 1 aliphatic rings. The Hall–Kier alpha value is -2.93. The number of nitrogens with zero attached hydrogens (tertiary/aromatic N) is 4. The second kappa shape index (κ2) is 9.06. The summed E-state index contributed by atoms with van der Waals surface area (Å²) < 4.78 is 12.8. The Morgan fingerprint density at radius 2 is 2.10 bits per heavy atom. The average Bonchev–Trinajstić information content (AvgIpc) is 3.36. The van der Waals surface area contributed by atoms with Gasteiger partial charge in [0.2, 0.25) is 0 Å². The zero-order valence-corrected chi connectivity index (χ0v) is 18.7. The van der Waals surface area contributed by atoms with E-state index < -0.39 is 0 Å². The third kappa shape index (κ3) is 4.42. The van der Waals surface area contributed by atoms with Crippen LogP contribution in [0.5, 0.6) is 0 Å². The van der Waals surface area contributed by atoms with E-state index in [0.717, 1.165) is 34.8 Å². The van der Waals surface area contributed by atoms with Crippen LogP contribution < -0.4 is 4.90 Å². The van der Waals surface area contributed by atoms with Gasteiger partial charge >= 0.3 is 5.97 Å². The second-order valence-corrected chi connectivity index (χ2v) is 8.29. The Morgan fingerprint density at radius 3 is 2.74 bits per heavy atom. The molecule has 1 atom stereocenters. The van der Waals surface area contributed by atoms with E-state index in [1.54, 1.807) is 12.1 Å². The summed E-state index contributed by atoms with van der Waals surface area (Å²) in [5, 5.41) is 0. The first kappa shape index (κ1) is 21.3. The highest BCUT2D eigenvalue weighted by Gasteiger charge is 2.22. The second-order valence-electron chi connectivity index (χ2n) is 8.29. The van der Waals surface area contributed by atoms with Crippen LogP contribution in [-0.4, -0.2) is 52.9 Å². The fourth-order valence-electron chi connectivity index (χ4n) is 4.16. The maximum atomic E-state index is 12.0. The van der Waals surface area contributed by atoms with Crippen LogP contribution in [0.2, 0.25) is 0 Å². The van der Waals surface area contributed by atoms with Crippen molar-refractivity contribution in [1.29, 1.82) is 0 Å². The Kier molecular flexibility index (Phi) is 6.23. The molecule has 1 fully saturated rings. The largest absolute Gasteiger partial charge is 0.465 e. The van der Waals surface area contributed by atoms with E-state index in [2.05, 4.69) is 28.5 Å². The molecular formula is C24H30N4O3. The molecule has 0 N–H and O–H groups in total. The summed E-state index contributed by atoms with van der Waals surface area (Å²) in [4.78, 5) is 23.9. The number of hydrogen-bond acceptors (Lipinski definition) is 6. The SMILES string of the molecule is COC(=O)c1ccc2c(c1)nc(-c1ccc(N3CCC[C@@H]3C)nc1)n2CCOC(C)C. The number of carbonyl (C=O) groups is 1. The van der Waals surface area contributed by atoms with E-state index in [4.69, 9.17) is 19.4 Å². The highest BCUT2D eigenvalue weighted by Crippen LogP contribution is 2.28. The summed E-state index contributed by atoms with van der Waals surface area (Å²) in [7, 11) is 1.38. The highest BCUT2D eigenvalue weighted by atomic mass is 16.5. The predicted octanol–water partition coefficient (Wildman–Crippen LogP) is 4.30. The summed E-state index contributed by atoms with van der Waals surface area (Å²) in [6.07, 6.45) is 4.46. The Labute approximate surface area is 183 Å². The van der Waals surface area contributed by atoms with Gasteiger partial charge in [0.1, 0.15) is 11.6 Å². The Morgan fingerprint density at radius 1 is 1.26 bits per heavy atom. The van der Waals surface area contributed by atoms with Gasteiger partial charge in [-0.25, -0.2) is 14.8 Å². The highest BCUT2D eigenvalue weighted by molar-refractivity contribution is 5.94. The van der Waals surface area contributed by atoms with E-state index in [1.165, 1.54) is 20.0 Å². The van der Waals surface area contributed by atoms with Gasteiger partial charge in [-0.05, 0) is 63.9 Å². The molecule has 0 unspecified atom stereocenters. The van der Waals surface area contributed by atoms with Crippen molar-refractivity contribution >= 4 is 22.8 Å². The van der Waals surface area contributed by atoms with Crippen LogP contribution in [0.1, 0.15) is 44.0 Å². The minimum Gasteiger partial charge on any atom is -0.465 e. The third-order valence-electron chi connectivity index (χ3n) is 5.79. The van der Waals surface area contributed by atoms with Gasteiger partial charge in [0.15, 0.2) is 0 Å². The van der Waals surface area contributed by atoms with Crippen molar-refractivity contribution < 1.29 is 14.3 Å². The van der Waals surface area contributed by atoms with Crippen molar-refractivity contribution in [3.63, 3.8) is 0 Å². The van der Waals surface area contributed by atoms with E-state index >= 15 is 0 Å². The first-order chi connectivity index (χ1) is 15.0.